The molecular weight excluding hydrogens is 567 g/mol. The number of anilines is 1. The average Bonchev–Trinajstić information content (AvgIpc) is 3.85. The molecule has 10 rings (SSSR count). The molecular formula is C37H39FN4O3. The van der Waals surface area contributed by atoms with E-state index in [4.69, 9.17) is 9.47 Å². The second-order valence-corrected chi connectivity index (χ2v) is 14.6. The highest BCUT2D eigenvalue weighted by Crippen LogP contribution is 2.71. The fourth-order valence-electron chi connectivity index (χ4n) is 8.67. The van der Waals surface area contributed by atoms with Gasteiger partial charge >= 0.3 is 6.01 Å². The van der Waals surface area contributed by atoms with Gasteiger partial charge in [-0.1, -0.05) is 36.4 Å². The summed E-state index contributed by atoms with van der Waals surface area (Å²) in [6, 6.07) is 19.4. The molecule has 232 valence electrons. The minimum Gasteiger partial charge on any atom is -0.464 e. The van der Waals surface area contributed by atoms with Crippen molar-refractivity contribution in [3.8, 4) is 23.2 Å². The molecule has 2 saturated heterocycles. The molecule has 45 heavy (non-hydrogen) atoms. The molecule has 4 bridgehead atoms. The normalized spacial score (nSPS) is 31.7. The first-order chi connectivity index (χ1) is 21.7. The van der Waals surface area contributed by atoms with Crippen LogP contribution in [0.4, 0.5) is 10.1 Å². The molecule has 7 aliphatic rings. The second-order valence-electron chi connectivity index (χ2n) is 14.6. The molecule has 0 N–H and O–H groups in total. The summed E-state index contributed by atoms with van der Waals surface area (Å²) >= 11 is 0. The highest BCUT2D eigenvalue weighted by Gasteiger charge is 2.69. The fourth-order valence-corrected chi connectivity index (χ4v) is 8.67. The molecule has 3 aromatic rings. The molecule has 0 radical (unpaired) electrons. The minimum atomic E-state index is -1.03. The number of fused-ring (bicyclic) bond motifs is 3. The van der Waals surface area contributed by atoms with Gasteiger partial charge in [0.05, 0.1) is 30.3 Å². The number of halogens is 1. The lowest BCUT2D eigenvalue weighted by Crippen LogP contribution is -2.65. The van der Waals surface area contributed by atoms with Gasteiger partial charge < -0.3 is 14.4 Å². The highest BCUT2D eigenvalue weighted by atomic mass is 19.1. The number of alkyl halides is 1. The molecule has 7 fully saturated rings. The van der Waals surface area contributed by atoms with Crippen molar-refractivity contribution in [3.05, 3.63) is 72.1 Å². The average molecular weight is 607 g/mol. The van der Waals surface area contributed by atoms with Gasteiger partial charge in [0, 0.05) is 42.0 Å². The summed E-state index contributed by atoms with van der Waals surface area (Å²) in [4.78, 5) is 24.7. The van der Waals surface area contributed by atoms with E-state index in [1.807, 2.05) is 36.1 Å². The van der Waals surface area contributed by atoms with E-state index < -0.39 is 5.67 Å². The van der Waals surface area contributed by atoms with Crippen molar-refractivity contribution in [2.24, 2.45) is 10.8 Å². The summed E-state index contributed by atoms with van der Waals surface area (Å²) in [6.07, 6.45) is 11.0. The van der Waals surface area contributed by atoms with Gasteiger partial charge in [-0.15, -0.1) is 0 Å². The van der Waals surface area contributed by atoms with Crippen molar-refractivity contribution in [1.29, 1.82) is 5.26 Å². The molecule has 1 aromatic heterocycles. The molecule has 5 aliphatic carbocycles. The Morgan fingerprint density at radius 1 is 0.956 bits per heavy atom. The van der Waals surface area contributed by atoms with Crippen molar-refractivity contribution in [2.45, 2.75) is 87.8 Å². The lowest BCUT2D eigenvalue weighted by Gasteiger charge is -2.66. The van der Waals surface area contributed by atoms with Crippen LogP contribution in [0.25, 0.3) is 11.1 Å². The van der Waals surface area contributed by atoms with Crippen LogP contribution in [0, 0.1) is 22.2 Å². The molecule has 2 aliphatic heterocycles. The van der Waals surface area contributed by atoms with Crippen molar-refractivity contribution >= 4 is 11.6 Å². The summed E-state index contributed by atoms with van der Waals surface area (Å²) in [7, 11) is 0. The summed E-state index contributed by atoms with van der Waals surface area (Å²) < 4.78 is 26.5. The maximum Gasteiger partial charge on any atom is 0.316 e. The Bertz CT molecular complexity index is 1630. The van der Waals surface area contributed by atoms with Gasteiger partial charge in [-0.05, 0) is 98.9 Å². The lowest BCUT2D eigenvalue weighted by molar-refractivity contribution is -0.215. The monoisotopic (exact) mass is 606 g/mol. The van der Waals surface area contributed by atoms with Crippen molar-refractivity contribution in [2.75, 3.05) is 24.7 Å². The third-order valence-electron chi connectivity index (χ3n) is 11.5. The number of carbonyl (C=O) groups is 1. The number of nitrogens with zero attached hydrogens (tertiary/aromatic N) is 4. The Morgan fingerprint density at radius 3 is 2.22 bits per heavy atom. The van der Waals surface area contributed by atoms with Crippen LogP contribution in [0.15, 0.2) is 60.9 Å². The molecule has 5 saturated carbocycles. The van der Waals surface area contributed by atoms with Crippen LogP contribution in [0.5, 0.6) is 6.01 Å². The number of rotatable bonds is 10. The van der Waals surface area contributed by atoms with Gasteiger partial charge in [-0.3, -0.25) is 4.79 Å². The van der Waals surface area contributed by atoms with Crippen molar-refractivity contribution in [3.63, 3.8) is 0 Å². The Morgan fingerprint density at radius 2 is 1.64 bits per heavy atom. The zero-order chi connectivity index (χ0) is 30.9. The van der Waals surface area contributed by atoms with E-state index in [0.29, 0.717) is 51.5 Å². The van der Waals surface area contributed by atoms with Crippen LogP contribution in [-0.2, 0) is 20.5 Å². The maximum atomic E-state index is 14.4. The predicted molar refractivity (Wildman–Crippen MR) is 167 cm³/mol. The third kappa shape index (κ3) is 4.82. The van der Waals surface area contributed by atoms with Crippen LogP contribution in [0.3, 0.4) is 0 Å². The molecule has 0 unspecified atom stereocenters. The molecule has 8 heteroatoms. The van der Waals surface area contributed by atoms with E-state index in [0.717, 1.165) is 60.9 Å². The first-order valence-electron chi connectivity index (χ1n) is 16.4. The summed E-state index contributed by atoms with van der Waals surface area (Å²) in [6.45, 7) is 3.56. The fraction of sp³-hybridized carbons (Fsp3) is 0.514. The van der Waals surface area contributed by atoms with Crippen molar-refractivity contribution in [1.82, 2.24) is 9.97 Å². The van der Waals surface area contributed by atoms with E-state index in [-0.39, 0.29) is 27.8 Å². The van der Waals surface area contributed by atoms with Gasteiger partial charge in [0.25, 0.3) is 0 Å². The number of benzene rings is 2. The van der Waals surface area contributed by atoms with Crippen LogP contribution in [0.1, 0.15) is 82.3 Å². The number of amides is 1. The highest BCUT2D eigenvalue weighted by molar-refractivity contribution is 5.95. The van der Waals surface area contributed by atoms with Crippen molar-refractivity contribution < 1.29 is 18.7 Å². The number of hydrogen-bond acceptors (Lipinski definition) is 6. The minimum absolute atomic E-state index is 0.0655. The Balaban J connectivity index is 1.03. The molecule has 3 heterocycles. The largest absolute Gasteiger partial charge is 0.464 e. The molecule has 2 aromatic carbocycles. The standard InChI is InChI=1S/C37H39FN4O3/c1-2-44-32-40-18-27(19-41-32)26-4-3-5-30(16-26)42(31(43)17-34-20-36(38,21-34)22-34)24-33-10-14-37(15-11-33,45-25-33)29-8-6-28(7-9-29)35(23-39)12-13-35/h3-9,16,18-19H,2,10-15,17,20-22,24-25H2,1H3. The predicted octanol–water partition coefficient (Wildman–Crippen LogP) is 7.20. The maximum absolute atomic E-state index is 14.4. The van der Waals surface area contributed by atoms with Crippen LogP contribution >= 0.6 is 0 Å². The summed E-state index contributed by atoms with van der Waals surface area (Å²) in [5.41, 5.74) is 2.96. The van der Waals surface area contributed by atoms with Crippen LogP contribution in [0.2, 0.25) is 0 Å². The van der Waals surface area contributed by atoms with Gasteiger partial charge in [-0.25, -0.2) is 14.4 Å². The zero-order valence-corrected chi connectivity index (χ0v) is 25.9. The first-order valence-corrected chi connectivity index (χ1v) is 16.4. The van der Waals surface area contributed by atoms with E-state index >= 15 is 0 Å². The van der Waals surface area contributed by atoms with Crippen LogP contribution in [-0.4, -0.2) is 41.3 Å². The zero-order valence-electron chi connectivity index (χ0n) is 25.9. The van der Waals surface area contributed by atoms with E-state index in [1.54, 1.807) is 12.4 Å². The Hall–Kier alpha value is -3.83. The number of hydrogen-bond donors (Lipinski definition) is 0. The van der Waals surface area contributed by atoms with Gasteiger partial charge in [0.15, 0.2) is 0 Å². The molecule has 0 spiro atoms. The quantitative estimate of drug-likeness (QED) is 0.243. The second kappa shape index (κ2) is 10.1. The number of nitriles is 1. The molecule has 0 atom stereocenters. The lowest BCUT2D eigenvalue weighted by atomic mass is 9.41. The Kier molecular flexibility index (Phi) is 6.42. The number of aromatic nitrogens is 2. The summed E-state index contributed by atoms with van der Waals surface area (Å²) in [5, 5.41) is 9.62. The topological polar surface area (TPSA) is 88.3 Å². The van der Waals surface area contributed by atoms with Gasteiger partial charge in [0.1, 0.15) is 5.67 Å². The molecule has 7 nitrogen and oxygen atoms in total. The van der Waals surface area contributed by atoms with Gasteiger partial charge in [0.2, 0.25) is 5.91 Å². The third-order valence-corrected chi connectivity index (χ3v) is 11.5. The SMILES string of the molecule is CCOc1ncc(-c2cccc(N(CC34CCC(c5ccc(C6(C#N)CC6)cc5)(CC3)OC4)C(=O)CC34CC(F)(C3)C4)c2)cn1. The summed E-state index contributed by atoms with van der Waals surface area (Å²) in [5.74, 6) is 0.0655. The Labute approximate surface area is 263 Å². The van der Waals surface area contributed by atoms with E-state index in [2.05, 4.69) is 40.3 Å². The first kappa shape index (κ1) is 28.6. The van der Waals surface area contributed by atoms with E-state index in [9.17, 15) is 14.4 Å². The smallest absolute Gasteiger partial charge is 0.316 e. The number of carbonyl (C=O) groups excluding carboxylic acids is 1. The van der Waals surface area contributed by atoms with Gasteiger partial charge in [-0.2, -0.15) is 5.26 Å². The number of ether oxygens (including phenoxy) is 2. The van der Waals surface area contributed by atoms with E-state index in [1.165, 1.54) is 5.56 Å². The van der Waals surface area contributed by atoms with Crippen LogP contribution < -0.4 is 9.64 Å². The molecule has 1 amide bonds.